The van der Waals surface area contributed by atoms with Crippen molar-refractivity contribution in [1.82, 2.24) is 15.0 Å². The van der Waals surface area contributed by atoms with E-state index in [1.807, 2.05) is 0 Å². The van der Waals surface area contributed by atoms with E-state index in [0.29, 0.717) is 19.4 Å². The highest BCUT2D eigenvalue weighted by atomic mass is 16.5. The summed E-state index contributed by atoms with van der Waals surface area (Å²) in [4.78, 5) is 22.0. The number of aromatic nitrogens is 3. The van der Waals surface area contributed by atoms with Crippen molar-refractivity contribution in [2.75, 3.05) is 7.11 Å². The van der Waals surface area contributed by atoms with Crippen LogP contribution in [0.3, 0.4) is 0 Å². The summed E-state index contributed by atoms with van der Waals surface area (Å²) in [6.45, 7) is 0.412. The van der Waals surface area contributed by atoms with E-state index in [0.717, 1.165) is 0 Å². The molecule has 1 unspecified atom stereocenters. The second-order valence-corrected chi connectivity index (χ2v) is 3.47. The molecule has 1 aliphatic rings. The van der Waals surface area contributed by atoms with E-state index in [4.69, 9.17) is 4.74 Å². The second-order valence-electron chi connectivity index (χ2n) is 3.47. The van der Waals surface area contributed by atoms with Gasteiger partial charge in [0.05, 0.1) is 19.9 Å². The number of rotatable bonds is 3. The monoisotopic (exact) mass is 225 g/mol. The van der Waals surface area contributed by atoms with Crippen molar-refractivity contribution in [3.05, 3.63) is 11.9 Å². The Labute approximate surface area is 91.3 Å². The molecule has 0 spiro atoms. The summed E-state index contributed by atoms with van der Waals surface area (Å²) in [5.74, 6) is -0.729. The highest BCUT2D eigenvalue weighted by molar-refractivity contribution is 5.86. The lowest BCUT2D eigenvalue weighted by molar-refractivity contribution is -0.141. The van der Waals surface area contributed by atoms with Gasteiger partial charge in [0.15, 0.2) is 5.69 Å². The van der Waals surface area contributed by atoms with Gasteiger partial charge in [0, 0.05) is 6.42 Å². The number of hydrogen-bond donors (Lipinski definition) is 0. The van der Waals surface area contributed by atoms with E-state index in [2.05, 4.69) is 15.0 Å². The number of cyclic esters (lactones) is 1. The Kier molecular flexibility index (Phi) is 2.84. The van der Waals surface area contributed by atoms with E-state index in [9.17, 15) is 9.59 Å². The summed E-state index contributed by atoms with van der Waals surface area (Å²) in [6, 6.07) is 0. The smallest absolute Gasteiger partial charge is 0.360 e. The summed E-state index contributed by atoms with van der Waals surface area (Å²) in [7, 11) is 1.28. The topological polar surface area (TPSA) is 83.3 Å². The minimum atomic E-state index is -0.533. The third kappa shape index (κ3) is 2.18. The standard InChI is InChI=1S/C9H11N3O4/c1-15-9(14)7-5-12(11-10-7)4-6-2-3-8(13)16-6/h5-6H,2-4H2,1H3. The summed E-state index contributed by atoms with van der Waals surface area (Å²) in [5.41, 5.74) is 0.145. The van der Waals surface area contributed by atoms with Crippen LogP contribution in [-0.2, 0) is 20.8 Å². The van der Waals surface area contributed by atoms with Crippen molar-refractivity contribution >= 4 is 11.9 Å². The molecule has 1 saturated heterocycles. The normalized spacial score (nSPS) is 19.6. The van der Waals surface area contributed by atoms with Crippen LogP contribution in [0, 0.1) is 0 Å². The van der Waals surface area contributed by atoms with Crippen LogP contribution in [0.1, 0.15) is 23.3 Å². The van der Waals surface area contributed by atoms with Crippen LogP contribution in [0.15, 0.2) is 6.20 Å². The number of nitrogens with zero attached hydrogens (tertiary/aromatic N) is 3. The van der Waals surface area contributed by atoms with Gasteiger partial charge >= 0.3 is 11.9 Å². The fraction of sp³-hybridized carbons (Fsp3) is 0.556. The van der Waals surface area contributed by atoms with E-state index < -0.39 is 5.97 Å². The fourth-order valence-corrected chi connectivity index (χ4v) is 1.51. The van der Waals surface area contributed by atoms with Crippen molar-refractivity contribution in [3.63, 3.8) is 0 Å². The minimum absolute atomic E-state index is 0.145. The summed E-state index contributed by atoms with van der Waals surface area (Å²) in [5, 5.41) is 7.39. The molecule has 1 aliphatic heterocycles. The quantitative estimate of drug-likeness (QED) is 0.661. The summed E-state index contributed by atoms with van der Waals surface area (Å²) >= 11 is 0. The van der Waals surface area contributed by atoms with Crippen LogP contribution in [0.25, 0.3) is 0 Å². The van der Waals surface area contributed by atoms with Crippen molar-refractivity contribution in [2.45, 2.75) is 25.5 Å². The van der Waals surface area contributed by atoms with E-state index in [1.54, 1.807) is 0 Å². The molecule has 7 heteroatoms. The molecule has 86 valence electrons. The predicted octanol–water partition coefficient (Wildman–Crippen LogP) is -0.230. The van der Waals surface area contributed by atoms with Gasteiger partial charge in [-0.05, 0) is 6.42 Å². The van der Waals surface area contributed by atoms with Gasteiger partial charge in [0.1, 0.15) is 6.10 Å². The van der Waals surface area contributed by atoms with Gasteiger partial charge in [-0.15, -0.1) is 5.10 Å². The molecule has 1 fully saturated rings. The van der Waals surface area contributed by atoms with Crippen LogP contribution in [0.4, 0.5) is 0 Å². The molecule has 7 nitrogen and oxygen atoms in total. The molecule has 0 amide bonds. The van der Waals surface area contributed by atoms with Gasteiger partial charge in [0.2, 0.25) is 0 Å². The first-order valence-electron chi connectivity index (χ1n) is 4.87. The van der Waals surface area contributed by atoms with Gasteiger partial charge in [-0.3, -0.25) is 4.79 Å². The number of ether oxygens (including phenoxy) is 2. The SMILES string of the molecule is COC(=O)c1cn(CC2CCC(=O)O2)nn1. The van der Waals surface area contributed by atoms with Crippen molar-refractivity contribution < 1.29 is 19.1 Å². The average Bonchev–Trinajstić information content (AvgIpc) is 2.87. The molecule has 0 bridgehead atoms. The Morgan fingerprint density at radius 3 is 3.19 bits per heavy atom. The zero-order valence-electron chi connectivity index (χ0n) is 8.75. The number of methoxy groups -OCH3 is 1. The molecule has 0 aliphatic carbocycles. The predicted molar refractivity (Wildman–Crippen MR) is 50.5 cm³/mol. The molecule has 1 atom stereocenters. The first kappa shape index (κ1) is 10.6. The molecule has 1 aromatic rings. The molecule has 2 rings (SSSR count). The number of hydrogen-bond acceptors (Lipinski definition) is 6. The third-order valence-corrected chi connectivity index (χ3v) is 2.29. The van der Waals surface area contributed by atoms with Crippen LogP contribution in [0.2, 0.25) is 0 Å². The maximum Gasteiger partial charge on any atom is 0.360 e. The molecule has 0 aromatic carbocycles. The molecule has 16 heavy (non-hydrogen) atoms. The maximum atomic E-state index is 11.1. The van der Waals surface area contributed by atoms with Crippen molar-refractivity contribution in [3.8, 4) is 0 Å². The molecule has 0 N–H and O–H groups in total. The highest BCUT2D eigenvalue weighted by Gasteiger charge is 2.24. The first-order valence-corrected chi connectivity index (χ1v) is 4.87. The Balaban J connectivity index is 1.97. The molecule has 1 aromatic heterocycles. The zero-order valence-corrected chi connectivity index (χ0v) is 8.75. The minimum Gasteiger partial charge on any atom is -0.464 e. The Hall–Kier alpha value is -1.92. The van der Waals surface area contributed by atoms with Gasteiger partial charge < -0.3 is 9.47 Å². The van der Waals surface area contributed by atoms with Gasteiger partial charge in [0.25, 0.3) is 0 Å². The van der Waals surface area contributed by atoms with E-state index in [-0.39, 0.29) is 17.8 Å². The maximum absolute atomic E-state index is 11.1. The third-order valence-electron chi connectivity index (χ3n) is 2.29. The Bertz CT molecular complexity index is 415. The molecule has 2 heterocycles. The summed E-state index contributed by atoms with van der Waals surface area (Å²) in [6.07, 6.45) is 2.40. The van der Waals surface area contributed by atoms with Crippen LogP contribution >= 0.6 is 0 Å². The molecule has 0 radical (unpaired) electrons. The summed E-state index contributed by atoms with van der Waals surface area (Å²) < 4.78 is 11.0. The van der Waals surface area contributed by atoms with E-state index >= 15 is 0 Å². The first-order chi connectivity index (χ1) is 7.69. The van der Waals surface area contributed by atoms with Crippen LogP contribution in [-0.4, -0.2) is 40.1 Å². The lowest BCUT2D eigenvalue weighted by atomic mass is 10.2. The second kappa shape index (κ2) is 4.30. The highest BCUT2D eigenvalue weighted by Crippen LogP contribution is 2.15. The molecular weight excluding hydrogens is 214 g/mol. The number of carbonyl (C=O) groups excluding carboxylic acids is 2. The fourth-order valence-electron chi connectivity index (χ4n) is 1.51. The van der Waals surface area contributed by atoms with Gasteiger partial charge in [-0.2, -0.15) is 0 Å². The zero-order chi connectivity index (χ0) is 11.5. The number of carbonyl (C=O) groups is 2. The lowest BCUT2D eigenvalue weighted by Gasteiger charge is -2.07. The average molecular weight is 225 g/mol. The molecule has 0 saturated carbocycles. The van der Waals surface area contributed by atoms with Gasteiger partial charge in [-0.25, -0.2) is 9.48 Å². The largest absolute Gasteiger partial charge is 0.464 e. The van der Waals surface area contributed by atoms with Crippen LogP contribution < -0.4 is 0 Å². The Morgan fingerprint density at radius 2 is 2.56 bits per heavy atom. The molecular formula is C9H11N3O4. The van der Waals surface area contributed by atoms with Crippen molar-refractivity contribution in [2.24, 2.45) is 0 Å². The lowest BCUT2D eigenvalue weighted by Crippen LogP contribution is -2.16. The Morgan fingerprint density at radius 1 is 1.75 bits per heavy atom. The van der Waals surface area contributed by atoms with Crippen molar-refractivity contribution in [1.29, 1.82) is 0 Å². The number of esters is 2. The van der Waals surface area contributed by atoms with Gasteiger partial charge in [-0.1, -0.05) is 5.21 Å². The van der Waals surface area contributed by atoms with E-state index in [1.165, 1.54) is 18.0 Å². The van der Waals surface area contributed by atoms with Crippen LogP contribution in [0.5, 0.6) is 0 Å².